The number of rotatable bonds is 9. The highest BCUT2D eigenvalue weighted by molar-refractivity contribution is 7.80. The van der Waals surface area contributed by atoms with Gasteiger partial charge in [-0.1, -0.05) is 18.2 Å². The van der Waals surface area contributed by atoms with Crippen LogP contribution in [-0.2, 0) is 11.3 Å². The molecule has 0 aliphatic heterocycles. The van der Waals surface area contributed by atoms with Crippen LogP contribution in [0, 0.1) is 0 Å². The van der Waals surface area contributed by atoms with Gasteiger partial charge in [0.25, 0.3) is 5.91 Å². The monoisotopic (exact) mass is 509 g/mol. The highest BCUT2D eigenvalue weighted by Gasteiger charge is 2.18. The standard InChI is InChI=1S/C25H27N5O5S/c1-5-30-15-18(22(29-30)24(32)26-17-9-7-6-8-10-17)27-25(36)28-21(31)12-11-16-13-19(33-2)23(35-4)20(14-16)34-3/h6-15H,5H2,1-4H3,(H,26,32)(H2,27,28,31,36). The molecule has 1 heterocycles. The number of para-hydroxylation sites is 1. The summed E-state index contributed by atoms with van der Waals surface area (Å²) in [6.45, 7) is 2.44. The van der Waals surface area contributed by atoms with E-state index in [0.717, 1.165) is 0 Å². The molecule has 0 aliphatic rings. The minimum absolute atomic E-state index is 0.0129. The molecule has 0 radical (unpaired) electrons. The van der Waals surface area contributed by atoms with E-state index >= 15 is 0 Å². The zero-order valence-corrected chi connectivity index (χ0v) is 21.1. The first kappa shape index (κ1) is 26.2. The normalized spacial score (nSPS) is 10.6. The van der Waals surface area contributed by atoms with Gasteiger partial charge >= 0.3 is 0 Å². The Bertz CT molecular complexity index is 1250. The Kier molecular flexibility index (Phi) is 9.01. The lowest BCUT2D eigenvalue weighted by molar-refractivity contribution is -0.115. The molecule has 2 aromatic carbocycles. The van der Waals surface area contributed by atoms with E-state index in [1.165, 1.54) is 27.4 Å². The fourth-order valence-corrected chi connectivity index (χ4v) is 3.44. The number of aryl methyl sites for hydroxylation is 1. The summed E-state index contributed by atoms with van der Waals surface area (Å²) >= 11 is 5.27. The van der Waals surface area contributed by atoms with E-state index in [1.807, 2.05) is 25.1 Å². The van der Waals surface area contributed by atoms with Crippen LogP contribution < -0.4 is 30.2 Å². The Balaban J connectivity index is 1.68. The molecule has 10 nitrogen and oxygen atoms in total. The lowest BCUT2D eigenvalue weighted by atomic mass is 10.1. The second-order valence-electron chi connectivity index (χ2n) is 7.30. The van der Waals surface area contributed by atoms with Crippen LogP contribution in [-0.4, -0.2) is 48.0 Å². The summed E-state index contributed by atoms with van der Waals surface area (Å²) in [5, 5.41) is 12.5. The third kappa shape index (κ3) is 6.60. The maximum Gasteiger partial charge on any atom is 0.278 e. The second-order valence-corrected chi connectivity index (χ2v) is 7.71. The summed E-state index contributed by atoms with van der Waals surface area (Å²) in [6, 6.07) is 12.4. The minimum Gasteiger partial charge on any atom is -0.493 e. The predicted molar refractivity (Wildman–Crippen MR) is 142 cm³/mol. The van der Waals surface area contributed by atoms with E-state index in [1.54, 1.807) is 41.2 Å². The molecule has 2 amide bonds. The van der Waals surface area contributed by atoms with Gasteiger partial charge in [-0.3, -0.25) is 19.6 Å². The van der Waals surface area contributed by atoms with Crippen LogP contribution in [0.15, 0.2) is 54.7 Å². The number of nitrogens with zero attached hydrogens (tertiary/aromatic N) is 2. The van der Waals surface area contributed by atoms with Gasteiger partial charge < -0.3 is 24.8 Å². The Morgan fingerprint density at radius 2 is 1.69 bits per heavy atom. The first-order valence-electron chi connectivity index (χ1n) is 10.9. The van der Waals surface area contributed by atoms with Gasteiger partial charge in [0.05, 0.1) is 27.0 Å². The lowest BCUT2D eigenvalue weighted by Crippen LogP contribution is -2.33. The third-order valence-electron chi connectivity index (χ3n) is 4.93. The van der Waals surface area contributed by atoms with E-state index < -0.39 is 11.8 Å². The average Bonchev–Trinajstić information content (AvgIpc) is 3.30. The molecule has 11 heteroatoms. The van der Waals surface area contributed by atoms with E-state index in [-0.39, 0.29) is 10.8 Å². The Hall–Kier alpha value is -4.38. The fourth-order valence-electron chi connectivity index (χ4n) is 3.23. The summed E-state index contributed by atoms with van der Waals surface area (Å²) in [5.74, 6) is 0.491. The highest BCUT2D eigenvalue weighted by atomic mass is 32.1. The zero-order chi connectivity index (χ0) is 26.1. The molecular weight excluding hydrogens is 482 g/mol. The summed E-state index contributed by atoms with van der Waals surface area (Å²) in [6.07, 6.45) is 4.54. The van der Waals surface area contributed by atoms with Crippen molar-refractivity contribution in [3.05, 3.63) is 66.0 Å². The number of carbonyl (C=O) groups excluding carboxylic acids is 2. The Morgan fingerprint density at radius 3 is 2.28 bits per heavy atom. The van der Waals surface area contributed by atoms with Gasteiger partial charge in [0.2, 0.25) is 11.7 Å². The summed E-state index contributed by atoms with van der Waals surface area (Å²) in [4.78, 5) is 25.2. The van der Waals surface area contributed by atoms with Crippen LogP contribution in [0.3, 0.4) is 0 Å². The molecule has 0 fully saturated rings. The molecule has 3 rings (SSSR count). The predicted octanol–water partition coefficient (Wildman–Crippen LogP) is 3.71. The van der Waals surface area contributed by atoms with Crippen molar-refractivity contribution in [1.82, 2.24) is 15.1 Å². The smallest absolute Gasteiger partial charge is 0.278 e. The van der Waals surface area contributed by atoms with Crippen LogP contribution in [0.25, 0.3) is 6.08 Å². The van der Waals surface area contributed by atoms with Crippen molar-refractivity contribution in [3.63, 3.8) is 0 Å². The number of carbonyl (C=O) groups is 2. The Morgan fingerprint density at radius 1 is 1.03 bits per heavy atom. The number of benzene rings is 2. The molecule has 0 saturated carbocycles. The first-order chi connectivity index (χ1) is 17.4. The van der Waals surface area contributed by atoms with E-state index in [0.29, 0.717) is 40.7 Å². The van der Waals surface area contributed by atoms with Gasteiger partial charge in [-0.2, -0.15) is 5.10 Å². The second kappa shape index (κ2) is 12.4. The molecule has 1 aromatic heterocycles. The summed E-state index contributed by atoms with van der Waals surface area (Å²) < 4.78 is 17.5. The molecule has 0 bridgehead atoms. The van der Waals surface area contributed by atoms with Crippen molar-refractivity contribution in [3.8, 4) is 17.2 Å². The number of hydrogen-bond acceptors (Lipinski definition) is 7. The van der Waals surface area contributed by atoms with Crippen molar-refractivity contribution in [2.45, 2.75) is 13.5 Å². The number of methoxy groups -OCH3 is 3. The summed E-state index contributed by atoms with van der Waals surface area (Å²) in [7, 11) is 4.53. The van der Waals surface area contributed by atoms with Gasteiger partial charge in [-0.25, -0.2) is 0 Å². The van der Waals surface area contributed by atoms with Crippen molar-refractivity contribution >= 4 is 46.6 Å². The van der Waals surface area contributed by atoms with E-state index in [2.05, 4.69) is 21.0 Å². The molecule has 0 atom stereocenters. The van der Waals surface area contributed by atoms with Crippen LogP contribution in [0.1, 0.15) is 23.0 Å². The molecular formula is C25H27N5O5S. The Labute approximate surface area is 214 Å². The van der Waals surface area contributed by atoms with Crippen LogP contribution in [0.5, 0.6) is 17.2 Å². The van der Waals surface area contributed by atoms with Crippen molar-refractivity contribution in [2.75, 3.05) is 32.0 Å². The SMILES string of the molecule is CCn1cc(NC(=S)NC(=O)C=Cc2cc(OC)c(OC)c(OC)c2)c(C(=O)Nc2ccccc2)n1. The highest BCUT2D eigenvalue weighted by Crippen LogP contribution is 2.38. The number of thiocarbonyl (C=S) groups is 1. The van der Waals surface area contributed by atoms with Crippen LogP contribution in [0.2, 0.25) is 0 Å². The molecule has 0 spiro atoms. The number of aromatic nitrogens is 2. The average molecular weight is 510 g/mol. The largest absolute Gasteiger partial charge is 0.493 e. The lowest BCUT2D eigenvalue weighted by Gasteiger charge is -2.12. The van der Waals surface area contributed by atoms with Gasteiger partial charge in [-0.05, 0) is 55.0 Å². The first-order valence-corrected chi connectivity index (χ1v) is 11.3. The van der Waals surface area contributed by atoms with Gasteiger partial charge in [0, 0.05) is 24.5 Å². The van der Waals surface area contributed by atoms with E-state index in [4.69, 9.17) is 26.4 Å². The van der Waals surface area contributed by atoms with Crippen molar-refractivity contribution in [2.24, 2.45) is 0 Å². The number of anilines is 2. The van der Waals surface area contributed by atoms with Gasteiger partial charge in [0.1, 0.15) is 0 Å². The molecule has 36 heavy (non-hydrogen) atoms. The molecule has 0 aliphatic carbocycles. The van der Waals surface area contributed by atoms with Gasteiger partial charge in [-0.15, -0.1) is 0 Å². The minimum atomic E-state index is -0.473. The topological polar surface area (TPSA) is 116 Å². The fraction of sp³-hybridized carbons (Fsp3) is 0.200. The van der Waals surface area contributed by atoms with Crippen LogP contribution >= 0.6 is 12.2 Å². The zero-order valence-electron chi connectivity index (χ0n) is 20.3. The maximum absolute atomic E-state index is 12.8. The van der Waals surface area contributed by atoms with Crippen molar-refractivity contribution < 1.29 is 23.8 Å². The maximum atomic E-state index is 12.8. The van der Waals surface area contributed by atoms with Crippen molar-refractivity contribution in [1.29, 1.82) is 0 Å². The molecule has 3 aromatic rings. The summed E-state index contributed by atoms with van der Waals surface area (Å²) in [5.41, 5.74) is 1.80. The number of ether oxygens (including phenoxy) is 3. The molecule has 3 N–H and O–H groups in total. The molecule has 0 unspecified atom stereocenters. The molecule has 188 valence electrons. The van der Waals surface area contributed by atoms with E-state index in [9.17, 15) is 9.59 Å². The molecule has 0 saturated heterocycles. The number of nitrogens with one attached hydrogen (secondary N) is 3. The number of hydrogen-bond donors (Lipinski definition) is 3. The third-order valence-corrected chi connectivity index (χ3v) is 5.14. The van der Waals surface area contributed by atoms with Crippen LogP contribution in [0.4, 0.5) is 11.4 Å². The van der Waals surface area contributed by atoms with Gasteiger partial charge in [0.15, 0.2) is 22.3 Å². The quantitative estimate of drug-likeness (QED) is 0.295. The number of amides is 2.